The molecule has 0 saturated heterocycles. The van der Waals surface area contributed by atoms with Gasteiger partial charge < -0.3 is 0 Å². The second-order valence-electron chi connectivity index (χ2n) is 6.64. The van der Waals surface area contributed by atoms with Crippen LogP contribution in [0.15, 0.2) is 36.4 Å². The Labute approximate surface area is 137 Å². The molecule has 0 saturated carbocycles. The van der Waals surface area contributed by atoms with Crippen LogP contribution in [-0.2, 0) is 19.3 Å². The van der Waals surface area contributed by atoms with Gasteiger partial charge in [-0.2, -0.15) is 0 Å². The van der Waals surface area contributed by atoms with Gasteiger partial charge in [0, 0.05) is 0 Å². The molecule has 0 bridgehead atoms. The summed E-state index contributed by atoms with van der Waals surface area (Å²) in [5.41, 5.74) is 4.17. The summed E-state index contributed by atoms with van der Waals surface area (Å²) in [4.78, 5) is 0. The lowest BCUT2D eigenvalue weighted by Gasteiger charge is -2.25. The molecular formula is C21H24F2. The lowest BCUT2D eigenvalue weighted by molar-refractivity contribution is 0.476. The van der Waals surface area contributed by atoms with Crippen LogP contribution in [0.1, 0.15) is 60.8 Å². The molecule has 1 aliphatic carbocycles. The van der Waals surface area contributed by atoms with E-state index in [1.165, 1.54) is 36.5 Å². The van der Waals surface area contributed by atoms with Crippen molar-refractivity contribution in [2.75, 3.05) is 0 Å². The highest BCUT2D eigenvalue weighted by Crippen LogP contribution is 2.34. The smallest absolute Gasteiger partial charge is 0.162 e. The number of hydrogen-bond acceptors (Lipinski definition) is 0. The Bertz CT molecular complexity index is 658. The van der Waals surface area contributed by atoms with E-state index in [0.29, 0.717) is 17.9 Å². The standard InChI is InChI=1S/C21H24F2/c1-2-3-4-5-15-6-8-16(9-7-15)18-11-10-17-12-13-20(22)21(23)19(17)14-18/h6-9,12-13,18H,2-5,10-11,14H2,1H3. The molecule has 0 heterocycles. The summed E-state index contributed by atoms with van der Waals surface area (Å²) in [5.74, 6) is -1.08. The minimum Gasteiger partial charge on any atom is -0.204 e. The summed E-state index contributed by atoms with van der Waals surface area (Å²) >= 11 is 0. The molecule has 0 aliphatic heterocycles. The van der Waals surface area contributed by atoms with Crippen LogP contribution < -0.4 is 0 Å². The van der Waals surface area contributed by atoms with Gasteiger partial charge in [-0.05, 0) is 66.3 Å². The largest absolute Gasteiger partial charge is 0.204 e. The second-order valence-corrected chi connectivity index (χ2v) is 6.64. The molecule has 1 atom stereocenters. The molecule has 2 aromatic rings. The van der Waals surface area contributed by atoms with Crippen LogP contribution in [-0.4, -0.2) is 0 Å². The van der Waals surface area contributed by atoms with Gasteiger partial charge in [0.2, 0.25) is 0 Å². The maximum Gasteiger partial charge on any atom is 0.162 e. The predicted molar refractivity (Wildman–Crippen MR) is 90.8 cm³/mol. The Balaban J connectivity index is 1.72. The number of fused-ring (bicyclic) bond motifs is 1. The molecule has 0 spiro atoms. The summed E-state index contributed by atoms with van der Waals surface area (Å²) in [5, 5.41) is 0. The normalized spacial score (nSPS) is 17.1. The number of benzene rings is 2. The molecule has 0 aromatic heterocycles. The average molecular weight is 314 g/mol. The van der Waals surface area contributed by atoms with Crippen molar-refractivity contribution >= 4 is 0 Å². The summed E-state index contributed by atoms with van der Waals surface area (Å²) in [6, 6.07) is 11.7. The van der Waals surface area contributed by atoms with Crippen LogP contribution in [0.25, 0.3) is 0 Å². The van der Waals surface area contributed by atoms with Crippen molar-refractivity contribution in [1.29, 1.82) is 0 Å². The summed E-state index contributed by atoms with van der Waals surface area (Å²) < 4.78 is 27.5. The number of hydrogen-bond donors (Lipinski definition) is 0. The van der Waals surface area contributed by atoms with Gasteiger partial charge >= 0.3 is 0 Å². The molecule has 0 fully saturated rings. The maximum atomic E-state index is 14.0. The molecular weight excluding hydrogens is 290 g/mol. The third kappa shape index (κ3) is 3.63. The Morgan fingerprint density at radius 3 is 2.52 bits per heavy atom. The lowest BCUT2D eigenvalue weighted by atomic mass is 9.79. The SMILES string of the molecule is CCCCCc1ccc(C2CCc3ccc(F)c(F)c3C2)cc1. The van der Waals surface area contributed by atoms with Crippen molar-refractivity contribution in [2.45, 2.75) is 57.8 Å². The van der Waals surface area contributed by atoms with Crippen LogP contribution in [0.5, 0.6) is 0 Å². The topological polar surface area (TPSA) is 0 Å². The van der Waals surface area contributed by atoms with Crippen molar-refractivity contribution in [3.05, 3.63) is 70.3 Å². The molecule has 2 aromatic carbocycles. The number of aryl methyl sites for hydroxylation is 2. The first-order chi connectivity index (χ1) is 11.2. The first-order valence-electron chi connectivity index (χ1n) is 8.73. The monoisotopic (exact) mass is 314 g/mol. The lowest BCUT2D eigenvalue weighted by Crippen LogP contribution is -2.15. The third-order valence-corrected chi connectivity index (χ3v) is 5.03. The molecule has 0 N–H and O–H groups in total. The molecule has 1 aliphatic rings. The van der Waals surface area contributed by atoms with Gasteiger partial charge in [-0.15, -0.1) is 0 Å². The zero-order chi connectivity index (χ0) is 16.2. The highest BCUT2D eigenvalue weighted by molar-refractivity contribution is 5.36. The summed E-state index contributed by atoms with van der Waals surface area (Å²) in [6.07, 6.45) is 7.31. The van der Waals surface area contributed by atoms with E-state index < -0.39 is 11.6 Å². The predicted octanol–water partition coefficient (Wildman–Crippen LogP) is 5.97. The fourth-order valence-corrected chi connectivity index (χ4v) is 3.59. The van der Waals surface area contributed by atoms with Crippen molar-refractivity contribution in [1.82, 2.24) is 0 Å². The van der Waals surface area contributed by atoms with Crippen LogP contribution >= 0.6 is 0 Å². The first-order valence-corrected chi connectivity index (χ1v) is 8.73. The van der Waals surface area contributed by atoms with Crippen LogP contribution in [0.4, 0.5) is 8.78 Å². The van der Waals surface area contributed by atoms with Gasteiger partial charge in [0.15, 0.2) is 11.6 Å². The van der Waals surface area contributed by atoms with Gasteiger partial charge in [-0.25, -0.2) is 8.78 Å². The Kier molecular flexibility index (Phi) is 5.09. The molecule has 2 heteroatoms. The van der Waals surface area contributed by atoms with Crippen molar-refractivity contribution in [3.63, 3.8) is 0 Å². The fourth-order valence-electron chi connectivity index (χ4n) is 3.59. The van der Waals surface area contributed by atoms with E-state index in [0.717, 1.165) is 24.8 Å². The minimum atomic E-state index is -0.726. The van der Waals surface area contributed by atoms with Gasteiger partial charge in [-0.3, -0.25) is 0 Å². The summed E-state index contributed by atoms with van der Waals surface area (Å²) in [6.45, 7) is 2.21. The second kappa shape index (κ2) is 7.25. The van der Waals surface area contributed by atoms with E-state index in [-0.39, 0.29) is 0 Å². The minimum absolute atomic E-state index is 0.295. The van der Waals surface area contributed by atoms with E-state index in [1.54, 1.807) is 6.07 Å². The van der Waals surface area contributed by atoms with Crippen molar-refractivity contribution in [2.24, 2.45) is 0 Å². The van der Waals surface area contributed by atoms with Crippen LogP contribution in [0, 0.1) is 11.6 Å². The Morgan fingerprint density at radius 1 is 1.00 bits per heavy atom. The Morgan fingerprint density at radius 2 is 1.78 bits per heavy atom. The first kappa shape index (κ1) is 16.2. The van der Waals surface area contributed by atoms with Crippen molar-refractivity contribution in [3.8, 4) is 0 Å². The zero-order valence-electron chi connectivity index (χ0n) is 13.7. The van der Waals surface area contributed by atoms with Crippen LogP contribution in [0.2, 0.25) is 0 Å². The van der Waals surface area contributed by atoms with Crippen molar-refractivity contribution < 1.29 is 8.78 Å². The number of unbranched alkanes of at least 4 members (excludes halogenated alkanes) is 2. The molecule has 23 heavy (non-hydrogen) atoms. The average Bonchev–Trinajstić information content (AvgIpc) is 2.59. The van der Waals surface area contributed by atoms with E-state index in [9.17, 15) is 8.78 Å². The number of rotatable bonds is 5. The highest BCUT2D eigenvalue weighted by atomic mass is 19.2. The van der Waals surface area contributed by atoms with Gasteiger partial charge in [0.1, 0.15) is 0 Å². The molecule has 1 unspecified atom stereocenters. The Hall–Kier alpha value is -1.70. The molecule has 0 radical (unpaired) electrons. The van der Waals surface area contributed by atoms with E-state index in [2.05, 4.69) is 31.2 Å². The molecule has 122 valence electrons. The van der Waals surface area contributed by atoms with Gasteiger partial charge in [-0.1, -0.05) is 50.1 Å². The van der Waals surface area contributed by atoms with Crippen LogP contribution in [0.3, 0.4) is 0 Å². The van der Waals surface area contributed by atoms with E-state index >= 15 is 0 Å². The quantitative estimate of drug-likeness (QED) is 0.596. The third-order valence-electron chi connectivity index (χ3n) is 5.03. The molecule has 0 nitrogen and oxygen atoms in total. The highest BCUT2D eigenvalue weighted by Gasteiger charge is 2.24. The fraction of sp³-hybridized carbons (Fsp3) is 0.429. The molecule has 0 amide bonds. The van der Waals surface area contributed by atoms with E-state index in [4.69, 9.17) is 0 Å². The zero-order valence-corrected chi connectivity index (χ0v) is 13.7. The van der Waals surface area contributed by atoms with Gasteiger partial charge in [0.05, 0.1) is 0 Å². The summed E-state index contributed by atoms with van der Waals surface area (Å²) in [7, 11) is 0. The van der Waals surface area contributed by atoms with Gasteiger partial charge in [0.25, 0.3) is 0 Å². The molecule has 3 rings (SSSR count). The van der Waals surface area contributed by atoms with E-state index in [1.807, 2.05) is 0 Å². The maximum absolute atomic E-state index is 14.0. The number of halogens is 2.